The van der Waals surface area contributed by atoms with E-state index in [1.54, 1.807) is 0 Å². The van der Waals surface area contributed by atoms with Gasteiger partial charge in [0.2, 0.25) is 12.2 Å². The maximum atomic E-state index is 10.2. The minimum Gasteiger partial charge on any atom is -0.387 e. The monoisotopic (exact) mass is 410 g/mol. The van der Waals surface area contributed by atoms with E-state index in [9.17, 15) is 14.4 Å². The van der Waals surface area contributed by atoms with Crippen LogP contribution in [0.15, 0.2) is 0 Å². The first-order valence-corrected chi connectivity index (χ1v) is 4.34. The second-order valence-electron chi connectivity index (χ2n) is 3.07. The summed E-state index contributed by atoms with van der Waals surface area (Å²) < 4.78 is 3.88. The zero-order valence-electron chi connectivity index (χ0n) is 11.4. The Morgan fingerprint density at radius 2 is 1.17 bits per heavy atom. The molecule has 0 unspecified atom stereocenters. The van der Waals surface area contributed by atoms with Crippen molar-refractivity contribution in [2.24, 2.45) is 5.73 Å². The summed E-state index contributed by atoms with van der Waals surface area (Å²) in [5.74, 6) is -1.23. The summed E-state index contributed by atoms with van der Waals surface area (Å²) in [6.45, 7) is 8.34. The van der Waals surface area contributed by atoms with E-state index in [0.717, 1.165) is 13.8 Å². The van der Waals surface area contributed by atoms with Crippen LogP contribution < -0.4 is 5.73 Å². The van der Waals surface area contributed by atoms with Gasteiger partial charge in [-0.1, -0.05) is 20.8 Å². The molecule has 0 rings (SSSR count). The Hall–Kier alpha value is 0.488. The molecule has 2 N–H and O–H groups in total. The SMILES string of the molecule is CC(=O)OC(=O)C(C)=O.C[C](C)C.NC=O.[Y].[Y]. The zero-order valence-corrected chi connectivity index (χ0v) is 17.0. The maximum absolute atomic E-state index is 10.2. The van der Waals surface area contributed by atoms with Crippen molar-refractivity contribution in [1.82, 2.24) is 0 Å². The summed E-state index contributed by atoms with van der Waals surface area (Å²) >= 11 is 0. The number of hydrogen-bond donors (Lipinski definition) is 1. The van der Waals surface area contributed by atoms with E-state index in [-0.39, 0.29) is 71.8 Å². The quantitative estimate of drug-likeness (QED) is 0.292. The summed E-state index contributed by atoms with van der Waals surface area (Å²) in [6.07, 6.45) is 0.250. The minimum absolute atomic E-state index is 0. The Balaban J connectivity index is -0.0000000536. The fraction of sp³-hybridized carbons (Fsp3) is 0.500. The smallest absolute Gasteiger partial charge is 0.381 e. The van der Waals surface area contributed by atoms with Crippen LogP contribution in [0.1, 0.15) is 34.6 Å². The van der Waals surface area contributed by atoms with Crippen molar-refractivity contribution >= 4 is 24.1 Å². The predicted molar refractivity (Wildman–Crippen MR) is 58.0 cm³/mol. The van der Waals surface area contributed by atoms with Gasteiger partial charge in [0.15, 0.2) is 0 Å². The molecule has 0 atom stereocenters. The van der Waals surface area contributed by atoms with Gasteiger partial charge in [-0.25, -0.2) is 4.79 Å². The van der Waals surface area contributed by atoms with E-state index in [1.807, 2.05) is 0 Å². The van der Waals surface area contributed by atoms with Crippen LogP contribution in [0.3, 0.4) is 0 Å². The molecule has 0 saturated heterocycles. The predicted octanol–water partition coefficient (Wildman–Crippen LogP) is 0.382. The van der Waals surface area contributed by atoms with E-state index in [1.165, 1.54) is 5.92 Å². The van der Waals surface area contributed by atoms with E-state index >= 15 is 0 Å². The Morgan fingerprint density at radius 1 is 0.944 bits per heavy atom. The fourth-order valence-corrected chi connectivity index (χ4v) is 0.202. The Bertz CT molecular complexity index is 242. The van der Waals surface area contributed by atoms with Crippen LogP contribution >= 0.6 is 0 Å². The van der Waals surface area contributed by atoms with Gasteiger partial charge in [-0.05, 0) is 5.92 Å². The van der Waals surface area contributed by atoms with Gasteiger partial charge in [0, 0.05) is 79.3 Å². The molecule has 0 aromatic carbocycles. The molecular formula is C10H18NO5Y2. The number of ether oxygens (including phenoxy) is 1. The molecule has 1 amide bonds. The fourth-order valence-electron chi connectivity index (χ4n) is 0.202. The van der Waals surface area contributed by atoms with Crippen LogP contribution in [0.5, 0.6) is 0 Å². The van der Waals surface area contributed by atoms with Crippen molar-refractivity contribution in [2.45, 2.75) is 34.6 Å². The molecule has 0 aliphatic heterocycles. The van der Waals surface area contributed by atoms with Gasteiger partial charge >= 0.3 is 11.9 Å². The second kappa shape index (κ2) is 22.6. The third-order valence-corrected chi connectivity index (χ3v) is 0.524. The molecule has 0 aromatic rings. The minimum atomic E-state index is -1.11. The zero-order chi connectivity index (χ0) is 13.7. The molecule has 0 saturated carbocycles. The number of primary amides is 1. The molecule has 0 fully saturated rings. The number of esters is 2. The maximum Gasteiger partial charge on any atom is 0.381 e. The van der Waals surface area contributed by atoms with Gasteiger partial charge in [0.25, 0.3) is 0 Å². The number of amides is 1. The molecule has 3 radical (unpaired) electrons. The molecule has 0 bridgehead atoms. The van der Waals surface area contributed by atoms with Crippen LogP contribution in [-0.4, -0.2) is 24.1 Å². The van der Waals surface area contributed by atoms with E-state index in [4.69, 9.17) is 4.79 Å². The van der Waals surface area contributed by atoms with Crippen molar-refractivity contribution in [3.05, 3.63) is 5.92 Å². The number of nitrogens with two attached hydrogens (primary N) is 1. The summed E-state index contributed by atoms with van der Waals surface area (Å²) in [5.41, 5.74) is 4.17. The first kappa shape index (κ1) is 31.1. The van der Waals surface area contributed by atoms with Crippen molar-refractivity contribution in [1.29, 1.82) is 0 Å². The number of rotatable bonds is 1. The second-order valence-corrected chi connectivity index (χ2v) is 3.07. The Kier molecular flexibility index (Phi) is 39.1. The summed E-state index contributed by atoms with van der Waals surface area (Å²) in [4.78, 5) is 38.8. The largest absolute Gasteiger partial charge is 0.387 e. The van der Waals surface area contributed by atoms with E-state index in [2.05, 4.69) is 31.2 Å². The standard InChI is InChI=1S/C5H6O4.C4H9.CH3NO.2Y/c1-3(6)5(8)9-4(2)7;1-4(2)3;2-1-3;;/h1-2H3;1-3H3;1H,(H2,2,3);;. The third-order valence-electron chi connectivity index (χ3n) is 0.524. The summed E-state index contributed by atoms with van der Waals surface area (Å²) in [7, 11) is 0. The van der Waals surface area contributed by atoms with E-state index < -0.39 is 17.7 Å². The number of Topliss-reactive ketones (excluding diaryl/α,β-unsaturated/α-hetero) is 1. The molecule has 8 heteroatoms. The van der Waals surface area contributed by atoms with Crippen LogP contribution in [0.4, 0.5) is 0 Å². The van der Waals surface area contributed by atoms with Gasteiger partial charge in [-0.15, -0.1) is 0 Å². The average molecular weight is 410 g/mol. The molecule has 0 aliphatic rings. The topological polar surface area (TPSA) is 104 Å². The first-order chi connectivity index (χ1) is 7.18. The molecule has 0 heterocycles. The first-order valence-electron chi connectivity index (χ1n) is 4.34. The Morgan fingerprint density at radius 3 is 1.22 bits per heavy atom. The van der Waals surface area contributed by atoms with Crippen LogP contribution in [0, 0.1) is 5.92 Å². The van der Waals surface area contributed by atoms with Crippen molar-refractivity contribution in [3.8, 4) is 0 Å². The van der Waals surface area contributed by atoms with E-state index in [0.29, 0.717) is 0 Å². The molecule has 18 heavy (non-hydrogen) atoms. The van der Waals surface area contributed by atoms with Crippen LogP contribution in [0.25, 0.3) is 0 Å². The molecular weight excluding hydrogens is 392 g/mol. The van der Waals surface area contributed by atoms with Gasteiger partial charge in [0.05, 0.1) is 0 Å². The summed E-state index contributed by atoms with van der Waals surface area (Å²) in [5, 5.41) is 0. The van der Waals surface area contributed by atoms with Crippen molar-refractivity contribution in [2.75, 3.05) is 0 Å². The average Bonchev–Trinajstić information content (AvgIpc) is 2.02. The molecule has 0 spiro atoms. The van der Waals surface area contributed by atoms with Crippen molar-refractivity contribution < 1.29 is 89.3 Å². The van der Waals surface area contributed by atoms with Gasteiger partial charge in [0.1, 0.15) is 0 Å². The van der Waals surface area contributed by atoms with Gasteiger partial charge in [-0.3, -0.25) is 14.4 Å². The molecule has 0 aliphatic carbocycles. The molecule has 99 valence electrons. The normalized spacial score (nSPS) is 6.78. The number of carbonyl (C=O) groups is 4. The van der Waals surface area contributed by atoms with Crippen LogP contribution in [-0.2, 0) is 89.3 Å². The summed E-state index contributed by atoms with van der Waals surface area (Å²) in [6, 6.07) is 0. The Labute approximate surface area is 158 Å². The molecule has 6 nitrogen and oxygen atoms in total. The van der Waals surface area contributed by atoms with Gasteiger partial charge < -0.3 is 10.5 Å². The van der Waals surface area contributed by atoms with Crippen LogP contribution in [0.2, 0.25) is 0 Å². The number of carbonyl (C=O) groups excluding carboxylic acids is 4. The number of ketones is 1. The molecule has 0 aromatic heterocycles. The van der Waals surface area contributed by atoms with Gasteiger partial charge in [-0.2, -0.15) is 0 Å². The third kappa shape index (κ3) is 54.9. The van der Waals surface area contributed by atoms with Crippen molar-refractivity contribution in [3.63, 3.8) is 0 Å². The number of hydrogen-bond acceptors (Lipinski definition) is 5.